The number of fused-ring (bicyclic) bond motifs is 1. The molecule has 28 heavy (non-hydrogen) atoms. The molecule has 1 amide bonds. The van der Waals surface area contributed by atoms with Crippen LogP contribution in [0.3, 0.4) is 0 Å². The number of aromatic nitrogens is 1. The average molecular weight is 373 g/mol. The summed E-state index contributed by atoms with van der Waals surface area (Å²) in [6.07, 6.45) is 3.38. The summed E-state index contributed by atoms with van der Waals surface area (Å²) in [6.45, 7) is 1.46. The molecule has 2 aromatic carbocycles. The van der Waals surface area contributed by atoms with Gasteiger partial charge in [-0.1, -0.05) is 36.4 Å². The van der Waals surface area contributed by atoms with E-state index in [-0.39, 0.29) is 5.91 Å². The predicted octanol–water partition coefficient (Wildman–Crippen LogP) is 3.95. The first-order chi connectivity index (χ1) is 13.8. The lowest BCUT2D eigenvalue weighted by Crippen LogP contribution is -2.28. The van der Waals surface area contributed by atoms with Crippen molar-refractivity contribution in [3.63, 3.8) is 0 Å². The molecule has 4 rings (SSSR count). The quantitative estimate of drug-likeness (QED) is 0.711. The van der Waals surface area contributed by atoms with Gasteiger partial charge in [0.25, 0.3) is 5.91 Å². The lowest BCUT2D eigenvalue weighted by atomic mass is 10.1. The maximum Gasteiger partial charge on any atom is 0.259 e. The highest BCUT2D eigenvalue weighted by Crippen LogP contribution is 2.28. The summed E-state index contributed by atoms with van der Waals surface area (Å²) in [5.41, 5.74) is 3.98. The molecule has 1 aromatic heterocycles. The highest BCUT2D eigenvalue weighted by molar-refractivity contribution is 6.07. The molecule has 0 unspecified atom stereocenters. The van der Waals surface area contributed by atoms with Crippen LogP contribution >= 0.6 is 0 Å². The van der Waals surface area contributed by atoms with Crippen LogP contribution in [0.5, 0.6) is 5.75 Å². The Balaban J connectivity index is 1.37. The van der Waals surface area contributed by atoms with Gasteiger partial charge in [0.2, 0.25) is 0 Å². The number of ether oxygens (including phenoxy) is 1. The minimum atomic E-state index is -0.00183. The Hall–Kier alpha value is -3.34. The molecule has 2 heterocycles. The van der Waals surface area contributed by atoms with Gasteiger partial charge in [-0.15, -0.1) is 0 Å². The number of hydrogen-bond donors (Lipinski definition) is 1. The lowest BCUT2D eigenvalue weighted by Gasteiger charge is -2.17. The zero-order valence-corrected chi connectivity index (χ0v) is 15.9. The second-order valence-corrected chi connectivity index (χ2v) is 6.76. The number of methoxy groups -OCH3 is 1. The SMILES string of the molecule is COc1ccccc1CCNc1ccc(C(=O)N2CCc3ccccc32)cn1. The molecule has 1 N–H and O–H groups in total. The third kappa shape index (κ3) is 3.69. The maximum absolute atomic E-state index is 12.8. The number of nitrogens with one attached hydrogen (secondary N) is 1. The normalized spacial score (nSPS) is 12.5. The standard InChI is InChI=1S/C23H23N3O2/c1-28-21-9-5-3-7-18(21)12-14-24-22-11-10-19(16-25-22)23(27)26-15-13-17-6-2-4-8-20(17)26/h2-11,16H,12-15H2,1H3,(H,24,25). The van der Waals surface area contributed by atoms with Crippen molar-refractivity contribution in [3.05, 3.63) is 83.6 Å². The van der Waals surface area contributed by atoms with Gasteiger partial charge in [0.05, 0.1) is 12.7 Å². The fraction of sp³-hybridized carbons (Fsp3) is 0.217. The second-order valence-electron chi connectivity index (χ2n) is 6.76. The molecule has 0 spiro atoms. The summed E-state index contributed by atoms with van der Waals surface area (Å²) in [5, 5.41) is 3.30. The first-order valence-electron chi connectivity index (χ1n) is 9.48. The minimum absolute atomic E-state index is 0.00183. The molecule has 5 heteroatoms. The summed E-state index contributed by atoms with van der Waals surface area (Å²) < 4.78 is 5.38. The van der Waals surface area contributed by atoms with E-state index in [1.807, 2.05) is 53.4 Å². The number of nitrogens with zero attached hydrogens (tertiary/aromatic N) is 2. The van der Waals surface area contributed by atoms with Crippen molar-refractivity contribution in [3.8, 4) is 5.75 Å². The van der Waals surface area contributed by atoms with E-state index in [9.17, 15) is 4.79 Å². The number of benzene rings is 2. The molecule has 0 saturated carbocycles. The molecule has 0 fully saturated rings. The van der Waals surface area contributed by atoms with Gasteiger partial charge in [0, 0.05) is 25.0 Å². The molecule has 0 atom stereocenters. The topological polar surface area (TPSA) is 54.5 Å². The van der Waals surface area contributed by atoms with Crippen LogP contribution in [-0.2, 0) is 12.8 Å². The van der Waals surface area contributed by atoms with E-state index in [1.54, 1.807) is 13.3 Å². The number of carbonyl (C=O) groups excluding carboxylic acids is 1. The summed E-state index contributed by atoms with van der Waals surface area (Å²) in [5.74, 6) is 1.65. The fourth-order valence-electron chi connectivity index (χ4n) is 3.56. The third-order valence-electron chi connectivity index (χ3n) is 5.04. The molecule has 142 valence electrons. The number of hydrogen-bond acceptors (Lipinski definition) is 4. The highest BCUT2D eigenvalue weighted by atomic mass is 16.5. The number of carbonyl (C=O) groups is 1. The lowest BCUT2D eigenvalue weighted by molar-refractivity contribution is 0.0989. The molecule has 1 aliphatic rings. The van der Waals surface area contributed by atoms with Gasteiger partial charge in [-0.3, -0.25) is 4.79 Å². The first-order valence-corrected chi connectivity index (χ1v) is 9.48. The summed E-state index contributed by atoms with van der Waals surface area (Å²) >= 11 is 0. The second kappa shape index (κ2) is 8.13. The Kier molecular flexibility index (Phi) is 5.24. The molecule has 1 aliphatic heterocycles. The van der Waals surface area contributed by atoms with E-state index < -0.39 is 0 Å². The third-order valence-corrected chi connectivity index (χ3v) is 5.04. The molecule has 3 aromatic rings. The van der Waals surface area contributed by atoms with Gasteiger partial charge in [0.15, 0.2) is 0 Å². The zero-order valence-electron chi connectivity index (χ0n) is 15.9. The molecule has 5 nitrogen and oxygen atoms in total. The number of anilines is 2. The highest BCUT2D eigenvalue weighted by Gasteiger charge is 2.25. The van der Waals surface area contributed by atoms with Crippen molar-refractivity contribution >= 4 is 17.4 Å². The van der Waals surface area contributed by atoms with Gasteiger partial charge in [-0.05, 0) is 48.2 Å². The van der Waals surface area contributed by atoms with E-state index in [4.69, 9.17) is 4.74 Å². The summed E-state index contributed by atoms with van der Waals surface area (Å²) in [6, 6.07) is 19.8. The van der Waals surface area contributed by atoms with Crippen LogP contribution in [0.2, 0.25) is 0 Å². The van der Waals surface area contributed by atoms with E-state index in [1.165, 1.54) is 5.56 Å². The number of pyridine rings is 1. The minimum Gasteiger partial charge on any atom is -0.496 e. The largest absolute Gasteiger partial charge is 0.496 e. The Morgan fingerprint density at radius 2 is 1.93 bits per heavy atom. The van der Waals surface area contributed by atoms with E-state index in [0.29, 0.717) is 5.56 Å². The van der Waals surface area contributed by atoms with E-state index >= 15 is 0 Å². The van der Waals surface area contributed by atoms with Crippen LogP contribution < -0.4 is 15.0 Å². The van der Waals surface area contributed by atoms with Crippen LogP contribution in [-0.4, -0.2) is 31.1 Å². The Morgan fingerprint density at radius 1 is 1.11 bits per heavy atom. The van der Waals surface area contributed by atoms with Gasteiger partial charge >= 0.3 is 0 Å². The number of amides is 1. The summed E-state index contributed by atoms with van der Waals surface area (Å²) in [4.78, 5) is 19.1. The van der Waals surface area contributed by atoms with Crippen LogP contribution in [0.15, 0.2) is 66.9 Å². The summed E-state index contributed by atoms with van der Waals surface area (Å²) in [7, 11) is 1.68. The van der Waals surface area contributed by atoms with Gasteiger partial charge in [-0.25, -0.2) is 4.98 Å². The predicted molar refractivity (Wildman–Crippen MR) is 111 cm³/mol. The average Bonchev–Trinajstić information content (AvgIpc) is 3.18. The van der Waals surface area contributed by atoms with Crippen molar-refractivity contribution in [2.75, 3.05) is 30.4 Å². The van der Waals surface area contributed by atoms with Crippen LogP contribution in [0.25, 0.3) is 0 Å². The van der Waals surface area contributed by atoms with Crippen molar-refractivity contribution in [1.82, 2.24) is 4.98 Å². The molecule has 0 aliphatic carbocycles. The van der Waals surface area contributed by atoms with Crippen molar-refractivity contribution in [2.45, 2.75) is 12.8 Å². The van der Waals surface area contributed by atoms with Gasteiger partial charge in [0.1, 0.15) is 11.6 Å². The van der Waals surface area contributed by atoms with E-state index in [0.717, 1.165) is 48.7 Å². The van der Waals surface area contributed by atoms with Crippen LogP contribution in [0.4, 0.5) is 11.5 Å². The Morgan fingerprint density at radius 3 is 2.75 bits per heavy atom. The van der Waals surface area contributed by atoms with Gasteiger partial charge < -0.3 is 15.0 Å². The Bertz CT molecular complexity index is 970. The maximum atomic E-state index is 12.8. The smallest absolute Gasteiger partial charge is 0.259 e. The van der Waals surface area contributed by atoms with Crippen LogP contribution in [0, 0.1) is 0 Å². The fourth-order valence-corrected chi connectivity index (χ4v) is 3.56. The molecular formula is C23H23N3O2. The van der Waals surface area contributed by atoms with Crippen molar-refractivity contribution < 1.29 is 9.53 Å². The number of para-hydroxylation sites is 2. The monoisotopic (exact) mass is 373 g/mol. The molecule has 0 radical (unpaired) electrons. The molecule has 0 saturated heterocycles. The van der Waals surface area contributed by atoms with E-state index in [2.05, 4.69) is 22.4 Å². The number of rotatable bonds is 6. The first kappa shape index (κ1) is 18.0. The zero-order chi connectivity index (χ0) is 19.3. The van der Waals surface area contributed by atoms with Crippen molar-refractivity contribution in [1.29, 1.82) is 0 Å². The Labute approximate surface area is 165 Å². The van der Waals surface area contributed by atoms with Gasteiger partial charge in [-0.2, -0.15) is 0 Å². The van der Waals surface area contributed by atoms with Crippen molar-refractivity contribution in [2.24, 2.45) is 0 Å². The molecular weight excluding hydrogens is 350 g/mol. The molecule has 0 bridgehead atoms. The van der Waals surface area contributed by atoms with Crippen LogP contribution in [0.1, 0.15) is 21.5 Å².